The van der Waals surface area contributed by atoms with Crippen molar-refractivity contribution in [1.82, 2.24) is 0 Å². The lowest BCUT2D eigenvalue weighted by Crippen LogP contribution is -2.27. The van der Waals surface area contributed by atoms with Crippen LogP contribution in [0, 0.1) is 0 Å². The Bertz CT molecular complexity index is 432. The summed E-state index contributed by atoms with van der Waals surface area (Å²) in [6.07, 6.45) is 0. The molecule has 0 aromatic heterocycles. The molecule has 0 fully saturated rings. The van der Waals surface area contributed by atoms with E-state index < -0.39 is 0 Å². The minimum absolute atomic E-state index is 0.0262. The van der Waals surface area contributed by atoms with Crippen LogP contribution in [0.5, 0.6) is 0 Å². The first-order valence-electron chi connectivity index (χ1n) is 5.27. The van der Waals surface area contributed by atoms with E-state index in [9.17, 15) is 4.79 Å². The first-order valence-corrected chi connectivity index (χ1v) is 7.65. The zero-order valence-corrected chi connectivity index (χ0v) is 15.1. The van der Waals surface area contributed by atoms with Crippen LogP contribution in [-0.2, 0) is 9.53 Å². The molecule has 6 heteroatoms. The third-order valence-electron chi connectivity index (χ3n) is 1.91. The SMILES string of the molecule is CC(C)(C)OCC(=O)Nc1c(Br)cc(Br)cc1Br. The number of halogens is 3. The molecule has 0 heterocycles. The standard InChI is InChI=1S/C12H14Br3NO2/c1-12(2,3)18-6-10(17)16-11-8(14)4-7(13)5-9(11)15/h4-5H,6H2,1-3H3,(H,16,17). The summed E-state index contributed by atoms with van der Waals surface area (Å²) in [7, 11) is 0. The Hall–Kier alpha value is 0.0900. The van der Waals surface area contributed by atoms with Crippen molar-refractivity contribution in [2.45, 2.75) is 26.4 Å². The molecule has 0 aliphatic carbocycles. The maximum Gasteiger partial charge on any atom is 0.250 e. The van der Waals surface area contributed by atoms with E-state index >= 15 is 0 Å². The van der Waals surface area contributed by atoms with Crippen LogP contribution in [0.4, 0.5) is 5.69 Å². The van der Waals surface area contributed by atoms with Crippen LogP contribution in [0.25, 0.3) is 0 Å². The zero-order chi connectivity index (χ0) is 13.9. The fourth-order valence-electron chi connectivity index (χ4n) is 1.12. The predicted octanol–water partition coefficient (Wildman–Crippen LogP) is 4.73. The van der Waals surface area contributed by atoms with Gasteiger partial charge in [-0.2, -0.15) is 0 Å². The number of nitrogens with one attached hydrogen (secondary N) is 1. The highest BCUT2D eigenvalue weighted by Gasteiger charge is 2.15. The largest absolute Gasteiger partial charge is 0.366 e. The van der Waals surface area contributed by atoms with Crippen molar-refractivity contribution in [2.75, 3.05) is 11.9 Å². The molecular weight excluding hydrogens is 430 g/mol. The third kappa shape index (κ3) is 5.38. The van der Waals surface area contributed by atoms with Gasteiger partial charge in [-0.25, -0.2) is 0 Å². The first-order chi connectivity index (χ1) is 8.19. The van der Waals surface area contributed by atoms with Crippen LogP contribution in [0.1, 0.15) is 20.8 Å². The van der Waals surface area contributed by atoms with Crippen LogP contribution in [-0.4, -0.2) is 18.1 Å². The summed E-state index contributed by atoms with van der Waals surface area (Å²) in [5, 5.41) is 2.80. The fraction of sp³-hybridized carbons (Fsp3) is 0.417. The van der Waals surface area contributed by atoms with Crippen molar-refractivity contribution in [3.8, 4) is 0 Å². The van der Waals surface area contributed by atoms with Gasteiger partial charge in [-0.1, -0.05) is 15.9 Å². The van der Waals surface area contributed by atoms with Gasteiger partial charge in [0.05, 0.1) is 11.3 Å². The van der Waals surface area contributed by atoms with Crippen molar-refractivity contribution >= 4 is 59.4 Å². The van der Waals surface area contributed by atoms with Crippen molar-refractivity contribution < 1.29 is 9.53 Å². The highest BCUT2D eigenvalue weighted by Crippen LogP contribution is 2.34. The summed E-state index contributed by atoms with van der Waals surface area (Å²) < 4.78 is 7.93. The van der Waals surface area contributed by atoms with Crippen molar-refractivity contribution in [3.05, 3.63) is 25.6 Å². The first kappa shape index (κ1) is 16.1. The molecule has 0 spiro atoms. The van der Waals surface area contributed by atoms with Gasteiger partial charge < -0.3 is 10.1 Å². The number of ether oxygens (including phenoxy) is 1. The molecule has 0 aliphatic heterocycles. The summed E-state index contributed by atoms with van der Waals surface area (Å²) in [5.74, 6) is -0.186. The van der Waals surface area contributed by atoms with Crippen LogP contribution in [0.15, 0.2) is 25.6 Å². The maximum atomic E-state index is 11.8. The molecule has 0 aliphatic rings. The summed E-state index contributed by atoms with van der Waals surface area (Å²) in [6, 6.07) is 3.73. The average Bonchev–Trinajstić information content (AvgIpc) is 2.19. The van der Waals surface area contributed by atoms with Gasteiger partial charge in [0.25, 0.3) is 0 Å². The second-order valence-electron chi connectivity index (χ2n) is 4.69. The van der Waals surface area contributed by atoms with Crippen molar-refractivity contribution in [1.29, 1.82) is 0 Å². The number of carbonyl (C=O) groups is 1. The molecule has 1 amide bonds. The van der Waals surface area contributed by atoms with E-state index in [1.54, 1.807) is 0 Å². The Morgan fingerprint density at radius 2 is 1.72 bits per heavy atom. The second kappa shape index (κ2) is 6.50. The van der Waals surface area contributed by atoms with Crippen LogP contribution >= 0.6 is 47.8 Å². The van der Waals surface area contributed by atoms with Gasteiger partial charge in [-0.3, -0.25) is 4.79 Å². The highest BCUT2D eigenvalue weighted by molar-refractivity contribution is 9.11. The molecule has 1 aromatic rings. The molecule has 1 N–H and O–H groups in total. The van der Waals surface area contributed by atoms with Gasteiger partial charge in [0.2, 0.25) is 5.91 Å². The van der Waals surface area contributed by atoms with Crippen LogP contribution < -0.4 is 5.32 Å². The summed E-state index contributed by atoms with van der Waals surface area (Å²) >= 11 is 10.2. The number of hydrogen-bond donors (Lipinski definition) is 1. The zero-order valence-electron chi connectivity index (χ0n) is 10.3. The monoisotopic (exact) mass is 441 g/mol. The average molecular weight is 444 g/mol. The topological polar surface area (TPSA) is 38.3 Å². The smallest absolute Gasteiger partial charge is 0.250 e. The lowest BCUT2D eigenvalue weighted by atomic mass is 10.2. The molecular formula is C12H14Br3NO2. The van der Waals surface area contributed by atoms with Crippen LogP contribution in [0.2, 0.25) is 0 Å². The Labute approximate surface area is 132 Å². The van der Waals surface area contributed by atoms with E-state index in [2.05, 4.69) is 53.1 Å². The molecule has 3 nitrogen and oxygen atoms in total. The molecule has 0 saturated heterocycles. The van der Waals surface area contributed by atoms with Crippen LogP contribution in [0.3, 0.4) is 0 Å². The molecule has 0 radical (unpaired) electrons. The fourth-order valence-corrected chi connectivity index (χ4v) is 3.58. The van der Waals surface area contributed by atoms with E-state index in [1.165, 1.54) is 0 Å². The summed E-state index contributed by atoms with van der Waals surface area (Å²) in [5.41, 5.74) is 0.367. The highest BCUT2D eigenvalue weighted by atomic mass is 79.9. The van der Waals surface area contributed by atoms with Gasteiger partial charge in [-0.15, -0.1) is 0 Å². The normalized spacial score (nSPS) is 11.4. The summed E-state index contributed by atoms with van der Waals surface area (Å²) in [4.78, 5) is 11.8. The van der Waals surface area contributed by atoms with Gasteiger partial charge in [0.1, 0.15) is 6.61 Å². The van der Waals surface area contributed by atoms with E-state index in [1.807, 2.05) is 32.9 Å². The van der Waals surface area contributed by atoms with Crippen molar-refractivity contribution in [2.24, 2.45) is 0 Å². The molecule has 0 atom stereocenters. The molecule has 100 valence electrons. The van der Waals surface area contributed by atoms with E-state index in [-0.39, 0.29) is 18.1 Å². The number of anilines is 1. The Morgan fingerprint density at radius 3 is 2.17 bits per heavy atom. The van der Waals surface area contributed by atoms with Gasteiger partial charge >= 0.3 is 0 Å². The van der Waals surface area contributed by atoms with E-state index in [0.717, 1.165) is 13.4 Å². The quantitative estimate of drug-likeness (QED) is 0.733. The Morgan fingerprint density at radius 1 is 1.22 bits per heavy atom. The summed E-state index contributed by atoms with van der Waals surface area (Å²) in [6.45, 7) is 5.75. The lowest BCUT2D eigenvalue weighted by Gasteiger charge is -2.19. The Balaban J connectivity index is 2.71. The molecule has 0 saturated carbocycles. The maximum absolute atomic E-state index is 11.8. The van der Waals surface area contributed by atoms with E-state index in [4.69, 9.17) is 4.74 Å². The van der Waals surface area contributed by atoms with Gasteiger partial charge in [0.15, 0.2) is 0 Å². The molecule has 18 heavy (non-hydrogen) atoms. The molecule has 0 unspecified atom stereocenters. The molecule has 0 bridgehead atoms. The van der Waals surface area contributed by atoms with Crippen molar-refractivity contribution in [3.63, 3.8) is 0 Å². The second-order valence-corrected chi connectivity index (χ2v) is 7.32. The van der Waals surface area contributed by atoms with E-state index in [0.29, 0.717) is 5.69 Å². The molecule has 1 aromatic carbocycles. The number of benzene rings is 1. The Kier molecular flexibility index (Phi) is 5.83. The number of rotatable bonds is 3. The number of carbonyl (C=O) groups excluding carboxylic acids is 1. The minimum atomic E-state index is -0.328. The number of hydrogen-bond acceptors (Lipinski definition) is 2. The molecule has 1 rings (SSSR count). The van der Waals surface area contributed by atoms with Gasteiger partial charge in [-0.05, 0) is 64.8 Å². The minimum Gasteiger partial charge on any atom is -0.366 e. The predicted molar refractivity (Wildman–Crippen MR) is 83.9 cm³/mol. The lowest BCUT2D eigenvalue weighted by molar-refractivity contribution is -0.125. The third-order valence-corrected chi connectivity index (χ3v) is 3.62. The number of amides is 1. The van der Waals surface area contributed by atoms with Gasteiger partial charge in [0, 0.05) is 13.4 Å².